The molecular weight excluding hydrogens is 1460 g/mol. The van der Waals surface area contributed by atoms with Gasteiger partial charge < -0.3 is 104 Å². The second kappa shape index (κ2) is 42.2. The molecule has 5 aromatic rings. The first-order chi connectivity index (χ1) is 51.6. The number of amides is 12. The van der Waals surface area contributed by atoms with Crippen molar-refractivity contribution in [2.24, 2.45) is 17.8 Å². The number of nitrogens with one attached hydrogen (secondary N) is 16. The SMILES string of the molecule is CCN[C@@H](CC(=O)O)C(=O)N[C@H]1CSSC[C@@H](C(=O)N[C@H](C(=O)O)[C@@H](C)O)NC(=O)[C@H](Cc2c[nH]c3ccccc23)NC(=O)[C@H](C(C)C)NC(=O)[C@H](CC(C)C)NC(=O)[C@H](CCC(=O)O)NC(=O)CNC(=O)[C@H](CC(C)C)NC(=O)[C@H](Cc2cnc[nH]2)NC(=O)[C@H](Cc2c[nH]c3ccccc23)NC(=O)[C@H](C)NC1=O. The molecule has 12 amide bonds. The summed E-state index contributed by atoms with van der Waals surface area (Å²) in [5.74, 6) is -18.7. The summed E-state index contributed by atoms with van der Waals surface area (Å²) in [6.45, 7) is 13.2. The molecule has 0 spiro atoms. The molecule has 2 aromatic carbocycles. The second-order valence-electron chi connectivity index (χ2n) is 27.7. The number of carboxylic acid groups (broad SMARTS) is 3. The molecular formula is C71H99N17O19S2. The van der Waals surface area contributed by atoms with Crippen LogP contribution in [-0.2, 0) is 91.2 Å². The number of carbonyl (C=O) groups is 15. The third-order valence-electron chi connectivity index (χ3n) is 17.5. The van der Waals surface area contributed by atoms with Crippen LogP contribution in [0.5, 0.6) is 0 Å². The zero-order valence-electron chi connectivity index (χ0n) is 61.8. The maximum Gasteiger partial charge on any atom is 0.328 e. The van der Waals surface area contributed by atoms with Gasteiger partial charge in [0.15, 0.2) is 6.04 Å². The molecule has 36 nitrogen and oxygen atoms in total. The van der Waals surface area contributed by atoms with Crippen LogP contribution in [0.1, 0.15) is 111 Å². The Hall–Kier alpha value is -10.6. The van der Waals surface area contributed by atoms with Gasteiger partial charge in [-0.3, -0.25) is 67.1 Å². The Labute approximate surface area is 635 Å². The van der Waals surface area contributed by atoms with E-state index >= 15 is 4.79 Å². The van der Waals surface area contributed by atoms with Crippen molar-refractivity contribution >= 4 is 132 Å². The predicted molar refractivity (Wildman–Crippen MR) is 401 cm³/mol. The highest BCUT2D eigenvalue weighted by atomic mass is 33.1. The summed E-state index contributed by atoms with van der Waals surface area (Å²) in [7, 11) is 1.60. The Balaban J connectivity index is 1.45. The number of H-pyrrole nitrogens is 3. The van der Waals surface area contributed by atoms with Gasteiger partial charge in [-0.2, -0.15) is 0 Å². The molecule has 0 aliphatic carbocycles. The van der Waals surface area contributed by atoms with E-state index in [1.807, 2.05) is 0 Å². The van der Waals surface area contributed by atoms with Crippen LogP contribution in [0, 0.1) is 17.8 Å². The number of fused-ring (bicyclic) bond motifs is 2. The molecule has 1 aliphatic heterocycles. The molecule has 1 fully saturated rings. The van der Waals surface area contributed by atoms with Crippen molar-refractivity contribution in [3.8, 4) is 0 Å². The number of aliphatic hydroxyl groups excluding tert-OH is 1. The minimum Gasteiger partial charge on any atom is -0.481 e. The maximum absolute atomic E-state index is 15.1. The van der Waals surface area contributed by atoms with Crippen LogP contribution in [0.2, 0.25) is 0 Å². The highest BCUT2D eigenvalue weighted by Crippen LogP contribution is 2.26. The highest BCUT2D eigenvalue weighted by Gasteiger charge is 2.39. The van der Waals surface area contributed by atoms with Crippen LogP contribution in [-0.4, -0.2) is 232 Å². The molecule has 594 valence electrons. The normalized spacial score (nSPS) is 23.0. The van der Waals surface area contributed by atoms with Crippen molar-refractivity contribution in [3.05, 3.63) is 90.3 Å². The molecule has 20 N–H and O–H groups in total. The highest BCUT2D eigenvalue weighted by molar-refractivity contribution is 8.76. The number of carbonyl (C=O) groups excluding carboxylic acids is 12. The lowest BCUT2D eigenvalue weighted by Gasteiger charge is -2.29. The van der Waals surface area contributed by atoms with E-state index in [0.29, 0.717) is 38.6 Å². The van der Waals surface area contributed by atoms with Gasteiger partial charge in [0.25, 0.3) is 0 Å². The first kappa shape index (κ1) is 87.3. The predicted octanol–water partition coefficient (Wildman–Crippen LogP) is -1.20. The van der Waals surface area contributed by atoms with Gasteiger partial charge in [0, 0.05) is 83.3 Å². The molecule has 38 heteroatoms. The van der Waals surface area contributed by atoms with Crippen LogP contribution in [0.25, 0.3) is 21.8 Å². The Kier molecular flexibility index (Phi) is 33.8. The number of aliphatic hydroxyl groups is 1. The van der Waals surface area contributed by atoms with Crippen LogP contribution in [0.15, 0.2) is 73.4 Å². The zero-order valence-corrected chi connectivity index (χ0v) is 63.5. The first-order valence-electron chi connectivity index (χ1n) is 35.6. The summed E-state index contributed by atoms with van der Waals surface area (Å²) in [6.07, 6.45) is 1.25. The number of para-hydroxylation sites is 2. The smallest absolute Gasteiger partial charge is 0.328 e. The van der Waals surface area contributed by atoms with Crippen LogP contribution >= 0.6 is 21.6 Å². The Bertz CT molecular complexity index is 4040. The van der Waals surface area contributed by atoms with Gasteiger partial charge >= 0.3 is 17.9 Å². The fourth-order valence-corrected chi connectivity index (χ4v) is 14.1. The van der Waals surface area contributed by atoms with E-state index in [0.717, 1.165) is 28.5 Å². The fraction of sp³-hybridized carbons (Fsp3) is 0.521. The van der Waals surface area contributed by atoms with Crippen molar-refractivity contribution < 1.29 is 92.3 Å². The van der Waals surface area contributed by atoms with E-state index in [4.69, 9.17) is 0 Å². The summed E-state index contributed by atoms with van der Waals surface area (Å²) in [5, 5.41) is 74.9. The van der Waals surface area contributed by atoms with Crippen LogP contribution < -0.4 is 69.1 Å². The van der Waals surface area contributed by atoms with E-state index in [1.165, 1.54) is 19.4 Å². The van der Waals surface area contributed by atoms with E-state index in [2.05, 4.69) is 89.1 Å². The van der Waals surface area contributed by atoms with Crippen LogP contribution in [0.3, 0.4) is 0 Å². The zero-order chi connectivity index (χ0) is 80.3. The standard InChI is InChI=1S/C71H99N17O19S2/c1-10-73-47(26-57(93)94)63(98)85-53-31-108-109-32-54(69(104)88-59(38(9)89)71(106)107)86-65(100)51(24-40-28-75-45-18-14-12-16-43(40)45)84-70(105)58(36(6)7)87-67(102)49(22-35(4)5)82-62(97)46(19-20-56(91)92)79-55(90)30-76-61(96)48(21-34(2)3)81-66(101)52(25-41-29-72-33-77-41)83-64(99)50(80-60(95)37(8)78-68(53)103)23-39-27-74-44-17-13-11-15-42(39)44/h11-18,27-29,33-38,46-54,58-59,73-75,89H,10,19-26,30-32H2,1-9H3,(H,72,77)(H,76,96)(H,78,103)(H,79,90)(H,80,95)(H,81,101)(H,82,97)(H,83,99)(H,84,105)(H,85,98)(H,86,100)(H,87,102)(H,88,104)(H,91,92)(H,93,94)(H,106,107)/t37-,38+,46-,47-,48-,49-,50-,51-,52-,53-,54-,58-,59-/m0/s1. The topological polar surface area (TPSA) is 554 Å². The summed E-state index contributed by atoms with van der Waals surface area (Å²) in [4.78, 5) is 224. The number of hydrogen-bond acceptors (Lipinski definition) is 20. The van der Waals surface area contributed by atoms with Gasteiger partial charge in [-0.1, -0.05) is 106 Å². The number of rotatable bonds is 24. The number of benzene rings is 2. The number of nitrogens with zero attached hydrogens (tertiary/aromatic N) is 1. The minimum absolute atomic E-state index is 0.0438. The lowest BCUT2D eigenvalue weighted by atomic mass is 9.98. The van der Waals surface area contributed by atoms with Crippen LogP contribution in [0.4, 0.5) is 0 Å². The van der Waals surface area contributed by atoms with E-state index in [9.17, 15) is 87.5 Å². The molecule has 0 unspecified atom stereocenters. The molecule has 0 saturated carbocycles. The summed E-state index contributed by atoms with van der Waals surface area (Å²) in [5.41, 5.74) is 2.58. The van der Waals surface area contributed by atoms with Crippen molar-refractivity contribution in [1.82, 2.24) is 89.1 Å². The summed E-state index contributed by atoms with van der Waals surface area (Å²) < 4.78 is 0. The average Bonchev–Trinajstić information content (AvgIpc) is 1.73. The Morgan fingerprint density at radius 3 is 1.61 bits per heavy atom. The average molecular weight is 1560 g/mol. The fourth-order valence-electron chi connectivity index (χ4n) is 11.8. The van der Waals surface area contributed by atoms with Gasteiger partial charge in [0.05, 0.1) is 31.4 Å². The molecule has 0 bridgehead atoms. The molecule has 1 aliphatic rings. The van der Waals surface area contributed by atoms with Crippen molar-refractivity contribution in [3.63, 3.8) is 0 Å². The van der Waals surface area contributed by atoms with Crippen molar-refractivity contribution in [2.45, 2.75) is 192 Å². The first-order valence-corrected chi connectivity index (χ1v) is 38.1. The number of aromatic nitrogens is 4. The Morgan fingerprint density at radius 2 is 1.08 bits per heavy atom. The number of aliphatic carboxylic acids is 3. The Morgan fingerprint density at radius 1 is 0.569 bits per heavy atom. The molecule has 109 heavy (non-hydrogen) atoms. The largest absolute Gasteiger partial charge is 0.481 e. The van der Waals surface area contributed by atoms with Gasteiger partial charge in [-0.15, -0.1) is 0 Å². The number of hydrogen-bond donors (Lipinski definition) is 20. The maximum atomic E-state index is 15.1. The third-order valence-corrected chi connectivity index (χ3v) is 19.9. The number of carboxylic acids is 3. The molecule has 6 rings (SSSR count). The minimum atomic E-state index is -1.95. The van der Waals surface area contributed by atoms with Crippen molar-refractivity contribution in [2.75, 3.05) is 24.6 Å². The lowest BCUT2D eigenvalue weighted by molar-refractivity contribution is -0.145. The quantitative estimate of drug-likeness (QED) is 0.0323. The van der Waals surface area contributed by atoms with Gasteiger partial charge in [0.2, 0.25) is 70.9 Å². The lowest BCUT2D eigenvalue weighted by Crippen LogP contribution is -2.61. The molecule has 3 aromatic heterocycles. The van der Waals surface area contributed by atoms with Gasteiger partial charge in [0.1, 0.15) is 60.4 Å². The molecule has 1 saturated heterocycles. The van der Waals surface area contributed by atoms with E-state index in [-0.39, 0.29) is 50.5 Å². The molecule has 4 heterocycles. The van der Waals surface area contributed by atoms with Gasteiger partial charge in [-0.05, 0) is 80.7 Å². The monoisotopic (exact) mass is 1560 g/mol. The summed E-state index contributed by atoms with van der Waals surface area (Å²) in [6, 6.07) is -5.13. The van der Waals surface area contributed by atoms with E-state index < -0.39 is 211 Å². The van der Waals surface area contributed by atoms with Gasteiger partial charge in [-0.25, -0.2) is 9.78 Å². The number of likely N-dealkylation sites (N-methyl/N-ethyl adjacent to an activating group) is 1. The number of aromatic amines is 3. The third kappa shape index (κ3) is 27.2. The second-order valence-corrected chi connectivity index (χ2v) is 30.2. The molecule has 0 radical (unpaired) electrons. The molecule has 13 atom stereocenters. The van der Waals surface area contributed by atoms with Crippen molar-refractivity contribution in [1.29, 1.82) is 0 Å². The number of imidazole rings is 1. The van der Waals surface area contributed by atoms with E-state index in [1.54, 1.807) is 109 Å². The summed E-state index contributed by atoms with van der Waals surface area (Å²) >= 11 is 0.